The molecule has 9 nitrogen and oxygen atoms in total. The molecule has 0 spiro atoms. The van der Waals surface area contributed by atoms with Gasteiger partial charge in [0.05, 0.1) is 30.7 Å². The number of morpholine rings is 1. The largest absolute Gasteiger partial charge is 0.475 e. The van der Waals surface area contributed by atoms with Gasteiger partial charge < -0.3 is 25.0 Å². The Morgan fingerprint density at radius 3 is 2.67 bits per heavy atom. The van der Waals surface area contributed by atoms with Crippen LogP contribution in [0, 0.1) is 6.92 Å². The van der Waals surface area contributed by atoms with Crippen LogP contribution >= 0.6 is 12.4 Å². The number of rotatable bonds is 8. The zero-order chi connectivity index (χ0) is 29.7. The molecular weight excluding hydrogens is 585 g/mol. The zero-order valence-corrected chi connectivity index (χ0v) is 24.9. The van der Waals surface area contributed by atoms with Crippen LogP contribution in [-0.4, -0.2) is 85.9 Å². The standard InChI is InChI=1S/C30H35F3N6O3.ClH/c1-20-17-34-6-7-38(20)10-13-42-29-27(39-8-11-41-12-9-39)15-23(18-36-29)26-16-25(19-35-21(26)2)37-28(40)22-4-3-5-24(14-22)30(31,32)33;/h3-5,14-16,18-20,34H,6-13,17H2,1-2H3,(H,37,40);1H/t20-;/m0./s1. The van der Waals surface area contributed by atoms with Crippen LogP contribution in [0.3, 0.4) is 0 Å². The zero-order valence-electron chi connectivity index (χ0n) is 24.1. The second kappa shape index (κ2) is 14.3. The van der Waals surface area contributed by atoms with Gasteiger partial charge in [-0.15, -0.1) is 12.4 Å². The van der Waals surface area contributed by atoms with E-state index in [0.717, 1.165) is 55.1 Å². The van der Waals surface area contributed by atoms with Gasteiger partial charge in [0.25, 0.3) is 5.91 Å². The maximum Gasteiger partial charge on any atom is 0.416 e. The Morgan fingerprint density at radius 1 is 1.14 bits per heavy atom. The third-order valence-corrected chi connectivity index (χ3v) is 7.55. The molecule has 1 amide bonds. The lowest BCUT2D eigenvalue weighted by atomic mass is 10.0. The van der Waals surface area contributed by atoms with Crippen molar-refractivity contribution in [3.63, 3.8) is 0 Å². The van der Waals surface area contributed by atoms with E-state index >= 15 is 0 Å². The lowest BCUT2D eigenvalue weighted by Gasteiger charge is -2.34. The molecule has 0 unspecified atom stereocenters. The van der Waals surface area contributed by atoms with Crippen molar-refractivity contribution in [2.45, 2.75) is 26.1 Å². The third-order valence-electron chi connectivity index (χ3n) is 7.55. The minimum Gasteiger partial charge on any atom is -0.475 e. The number of ether oxygens (including phenoxy) is 2. The molecule has 43 heavy (non-hydrogen) atoms. The van der Waals surface area contributed by atoms with Crippen molar-refractivity contribution in [1.29, 1.82) is 0 Å². The number of aromatic nitrogens is 2. The van der Waals surface area contributed by atoms with Crippen LogP contribution in [0.15, 0.2) is 48.8 Å². The van der Waals surface area contributed by atoms with E-state index in [1.807, 2.05) is 13.0 Å². The number of piperazine rings is 1. The number of carbonyl (C=O) groups is 1. The monoisotopic (exact) mass is 620 g/mol. The molecule has 0 radical (unpaired) electrons. The molecule has 4 heterocycles. The van der Waals surface area contributed by atoms with Gasteiger partial charge in [-0.1, -0.05) is 6.07 Å². The van der Waals surface area contributed by atoms with Crippen LogP contribution in [0.4, 0.5) is 24.5 Å². The number of nitrogens with one attached hydrogen (secondary N) is 2. The maximum atomic E-state index is 13.1. The summed E-state index contributed by atoms with van der Waals surface area (Å²) in [5, 5.41) is 6.07. The Bertz CT molecular complexity index is 1400. The predicted molar refractivity (Wildman–Crippen MR) is 161 cm³/mol. The van der Waals surface area contributed by atoms with E-state index in [4.69, 9.17) is 9.47 Å². The van der Waals surface area contributed by atoms with Crippen LogP contribution < -0.4 is 20.3 Å². The molecule has 1 atom stereocenters. The van der Waals surface area contributed by atoms with Gasteiger partial charge >= 0.3 is 6.18 Å². The maximum absolute atomic E-state index is 13.1. The summed E-state index contributed by atoms with van der Waals surface area (Å²) >= 11 is 0. The summed E-state index contributed by atoms with van der Waals surface area (Å²) in [5.41, 5.74) is 2.45. The van der Waals surface area contributed by atoms with Crippen molar-refractivity contribution in [2.24, 2.45) is 0 Å². The van der Waals surface area contributed by atoms with Crippen molar-refractivity contribution in [3.8, 4) is 17.0 Å². The SMILES string of the molecule is Cc1ncc(NC(=O)c2cccc(C(F)(F)F)c2)cc1-c1cnc(OCCN2CCNC[C@@H]2C)c(N2CCOCC2)c1.Cl. The molecule has 0 bridgehead atoms. The fourth-order valence-corrected chi connectivity index (χ4v) is 5.14. The first-order valence-corrected chi connectivity index (χ1v) is 14.0. The van der Waals surface area contributed by atoms with Crippen LogP contribution in [0.1, 0.15) is 28.5 Å². The lowest BCUT2D eigenvalue weighted by Crippen LogP contribution is -2.50. The fraction of sp³-hybridized carbons (Fsp3) is 0.433. The highest BCUT2D eigenvalue weighted by molar-refractivity contribution is 6.04. The Kier molecular flexibility index (Phi) is 10.8. The predicted octanol–water partition coefficient (Wildman–Crippen LogP) is 4.65. The second-order valence-corrected chi connectivity index (χ2v) is 10.5. The van der Waals surface area contributed by atoms with Crippen molar-refractivity contribution >= 4 is 29.7 Å². The van der Waals surface area contributed by atoms with E-state index in [2.05, 4.69) is 37.3 Å². The van der Waals surface area contributed by atoms with Crippen LogP contribution in [-0.2, 0) is 10.9 Å². The number of hydrogen-bond acceptors (Lipinski definition) is 8. The highest BCUT2D eigenvalue weighted by atomic mass is 35.5. The minimum atomic E-state index is -4.54. The topological polar surface area (TPSA) is 91.8 Å². The van der Waals surface area contributed by atoms with Gasteiger partial charge in [0.1, 0.15) is 12.3 Å². The number of carbonyl (C=O) groups excluding carboxylic acids is 1. The molecule has 13 heteroatoms. The Morgan fingerprint density at radius 2 is 1.93 bits per heavy atom. The summed E-state index contributed by atoms with van der Waals surface area (Å²) < 4.78 is 51.2. The number of pyridine rings is 2. The van der Waals surface area contributed by atoms with E-state index in [0.29, 0.717) is 56.2 Å². The van der Waals surface area contributed by atoms with E-state index < -0.39 is 17.6 Å². The summed E-state index contributed by atoms with van der Waals surface area (Å²) in [6, 6.07) is 8.51. The van der Waals surface area contributed by atoms with Crippen LogP contribution in [0.5, 0.6) is 5.88 Å². The van der Waals surface area contributed by atoms with Crippen molar-refractivity contribution < 1.29 is 27.4 Å². The van der Waals surface area contributed by atoms with Crippen molar-refractivity contribution in [1.82, 2.24) is 20.2 Å². The van der Waals surface area contributed by atoms with E-state index in [1.54, 1.807) is 12.3 Å². The number of hydrogen-bond donors (Lipinski definition) is 2. The second-order valence-electron chi connectivity index (χ2n) is 10.5. The molecule has 0 aliphatic carbocycles. The number of benzene rings is 1. The molecule has 3 aromatic rings. The Balaban J connectivity index is 0.00000423. The molecule has 0 saturated carbocycles. The van der Waals surface area contributed by atoms with E-state index in [1.165, 1.54) is 18.3 Å². The van der Waals surface area contributed by atoms with Gasteiger partial charge in [-0.25, -0.2) is 4.98 Å². The number of halogens is 4. The lowest BCUT2D eigenvalue weighted by molar-refractivity contribution is -0.137. The quantitative estimate of drug-likeness (QED) is 0.376. The highest BCUT2D eigenvalue weighted by Gasteiger charge is 2.31. The van der Waals surface area contributed by atoms with Crippen LogP contribution in [0.2, 0.25) is 0 Å². The molecule has 1 aromatic carbocycles. The number of nitrogens with zero attached hydrogens (tertiary/aromatic N) is 4. The van der Waals surface area contributed by atoms with Gasteiger partial charge in [-0.2, -0.15) is 13.2 Å². The summed E-state index contributed by atoms with van der Waals surface area (Å²) in [5.74, 6) is -0.115. The summed E-state index contributed by atoms with van der Waals surface area (Å²) in [7, 11) is 0. The first kappa shape index (κ1) is 32.5. The average Bonchev–Trinajstić information content (AvgIpc) is 2.99. The molecule has 5 rings (SSSR count). The van der Waals surface area contributed by atoms with Crippen molar-refractivity contribution in [3.05, 3.63) is 65.6 Å². The summed E-state index contributed by atoms with van der Waals surface area (Å²) in [4.78, 5) is 26.5. The van der Waals surface area contributed by atoms with Gasteiger partial charge in [0.15, 0.2) is 0 Å². The Hall–Kier alpha value is -3.45. The average molecular weight is 621 g/mol. The Labute approximate surface area is 255 Å². The number of aryl methyl sites for hydroxylation is 1. The fourth-order valence-electron chi connectivity index (χ4n) is 5.14. The molecule has 2 N–H and O–H groups in total. The normalized spacial score (nSPS) is 17.7. The third kappa shape index (κ3) is 8.14. The van der Waals surface area contributed by atoms with Crippen molar-refractivity contribution in [2.75, 3.05) is 69.3 Å². The summed E-state index contributed by atoms with van der Waals surface area (Å²) in [6.45, 7) is 10.8. The van der Waals surface area contributed by atoms with Gasteiger partial charge in [0, 0.05) is 73.9 Å². The first-order chi connectivity index (χ1) is 20.2. The van der Waals surface area contributed by atoms with E-state index in [9.17, 15) is 18.0 Å². The van der Waals surface area contributed by atoms with Gasteiger partial charge in [-0.3, -0.25) is 14.7 Å². The molecule has 2 aliphatic rings. The minimum absolute atomic E-state index is 0. The molecule has 2 saturated heterocycles. The number of anilines is 2. The molecular formula is C30H36ClF3N6O3. The molecule has 2 aliphatic heterocycles. The van der Waals surface area contributed by atoms with E-state index in [-0.39, 0.29) is 18.0 Å². The first-order valence-electron chi connectivity index (χ1n) is 14.0. The molecule has 232 valence electrons. The summed E-state index contributed by atoms with van der Waals surface area (Å²) in [6.07, 6.45) is -1.34. The van der Waals surface area contributed by atoms with Gasteiger partial charge in [0.2, 0.25) is 5.88 Å². The molecule has 2 aromatic heterocycles. The molecule has 2 fully saturated rings. The number of amides is 1. The highest BCUT2D eigenvalue weighted by Crippen LogP contribution is 2.34. The smallest absolute Gasteiger partial charge is 0.416 e. The van der Waals surface area contributed by atoms with Crippen LogP contribution in [0.25, 0.3) is 11.1 Å². The number of alkyl halides is 3. The van der Waals surface area contributed by atoms with Gasteiger partial charge in [-0.05, 0) is 44.2 Å².